The first kappa shape index (κ1) is 23.0. The van der Waals surface area contributed by atoms with Crippen LogP contribution in [-0.4, -0.2) is 30.2 Å². The minimum absolute atomic E-state index is 0.366. The zero-order chi connectivity index (χ0) is 23.4. The van der Waals surface area contributed by atoms with Crippen molar-refractivity contribution in [3.8, 4) is 28.4 Å². The molecule has 0 amide bonds. The molecule has 0 aliphatic heterocycles. The van der Waals surface area contributed by atoms with Crippen molar-refractivity contribution < 1.29 is 9.47 Å². The second-order valence-electron chi connectivity index (χ2n) is 6.90. The van der Waals surface area contributed by atoms with E-state index in [0.29, 0.717) is 37.9 Å². The van der Waals surface area contributed by atoms with E-state index < -0.39 is 0 Å². The van der Waals surface area contributed by atoms with E-state index in [1.165, 1.54) is 0 Å². The third-order valence-electron chi connectivity index (χ3n) is 4.81. The van der Waals surface area contributed by atoms with Crippen LogP contribution in [0.5, 0.6) is 11.5 Å². The summed E-state index contributed by atoms with van der Waals surface area (Å²) in [6.07, 6.45) is 3.54. The molecule has 0 fully saturated rings. The maximum Gasteiger partial charge on any atom is 0.161 e. The predicted molar refractivity (Wildman–Crippen MR) is 135 cm³/mol. The molecule has 1 aromatic heterocycles. The first-order valence-electron chi connectivity index (χ1n) is 9.81. The summed E-state index contributed by atoms with van der Waals surface area (Å²) in [7, 11) is 3.19. The maximum absolute atomic E-state index is 6.24. The lowest BCUT2D eigenvalue weighted by Gasteiger charge is -2.09. The summed E-state index contributed by atoms with van der Waals surface area (Å²) < 4.78 is 12.6. The fourth-order valence-electron chi connectivity index (χ4n) is 3.22. The summed E-state index contributed by atoms with van der Waals surface area (Å²) in [4.78, 5) is 0. The van der Waals surface area contributed by atoms with Crippen LogP contribution in [-0.2, 0) is 0 Å². The van der Waals surface area contributed by atoms with Crippen molar-refractivity contribution in [3.05, 3.63) is 87.5 Å². The average molecular weight is 502 g/mol. The molecule has 0 radical (unpaired) electrons. The van der Waals surface area contributed by atoms with E-state index in [1.54, 1.807) is 37.2 Å². The Hall–Kier alpha value is -3.19. The van der Waals surface area contributed by atoms with Gasteiger partial charge in [-0.25, -0.2) is 4.68 Å². The Morgan fingerprint density at radius 2 is 1.61 bits per heavy atom. The standard InChI is InChI=1S/C24H19Cl3N4O2/c1-32-21-9-8-15(10-22(21)33-2)23-16(14-31(30-23)18-6-4-3-5-7-18)13-28-29-24-19(26)11-17(25)12-20(24)27/h3-14,29H,1-2H3/b28-13+. The quantitative estimate of drug-likeness (QED) is 0.220. The fourth-order valence-corrected chi connectivity index (χ4v) is 4.12. The second kappa shape index (κ2) is 10.2. The molecule has 168 valence electrons. The van der Waals surface area contributed by atoms with Gasteiger partial charge in [-0.1, -0.05) is 53.0 Å². The maximum atomic E-state index is 6.24. The minimum atomic E-state index is 0.366. The smallest absolute Gasteiger partial charge is 0.161 e. The molecular weight excluding hydrogens is 483 g/mol. The van der Waals surface area contributed by atoms with Crippen LogP contribution >= 0.6 is 34.8 Å². The molecule has 4 rings (SSSR count). The summed E-state index contributed by atoms with van der Waals surface area (Å²) in [5.74, 6) is 1.23. The van der Waals surface area contributed by atoms with E-state index in [-0.39, 0.29) is 0 Å². The van der Waals surface area contributed by atoms with E-state index in [0.717, 1.165) is 16.8 Å². The van der Waals surface area contributed by atoms with E-state index in [1.807, 2.05) is 54.7 Å². The van der Waals surface area contributed by atoms with Gasteiger partial charge in [0.05, 0.1) is 41.9 Å². The van der Waals surface area contributed by atoms with E-state index in [2.05, 4.69) is 10.5 Å². The second-order valence-corrected chi connectivity index (χ2v) is 8.15. The van der Waals surface area contributed by atoms with Crippen LogP contribution < -0.4 is 14.9 Å². The highest BCUT2D eigenvalue weighted by Crippen LogP contribution is 2.35. The Morgan fingerprint density at radius 3 is 2.27 bits per heavy atom. The van der Waals surface area contributed by atoms with Gasteiger partial charge in [0.2, 0.25) is 0 Å². The molecule has 33 heavy (non-hydrogen) atoms. The summed E-state index contributed by atoms with van der Waals surface area (Å²) in [6, 6.07) is 18.6. The molecule has 0 unspecified atom stereocenters. The highest BCUT2D eigenvalue weighted by atomic mass is 35.5. The molecule has 0 bridgehead atoms. The molecule has 0 spiro atoms. The van der Waals surface area contributed by atoms with Gasteiger partial charge >= 0.3 is 0 Å². The number of hydrogen-bond donors (Lipinski definition) is 1. The normalized spacial score (nSPS) is 11.1. The van der Waals surface area contributed by atoms with Crippen molar-refractivity contribution in [2.24, 2.45) is 5.10 Å². The van der Waals surface area contributed by atoms with Gasteiger partial charge in [0, 0.05) is 22.3 Å². The molecule has 0 saturated carbocycles. The monoisotopic (exact) mass is 500 g/mol. The van der Waals surface area contributed by atoms with Crippen LogP contribution in [0, 0.1) is 0 Å². The van der Waals surface area contributed by atoms with Crippen LogP contribution in [0.15, 0.2) is 72.0 Å². The fraction of sp³-hybridized carbons (Fsp3) is 0.0833. The number of anilines is 1. The van der Waals surface area contributed by atoms with Crippen molar-refractivity contribution in [2.45, 2.75) is 0 Å². The number of methoxy groups -OCH3 is 2. The van der Waals surface area contributed by atoms with Gasteiger partial charge in [0.15, 0.2) is 11.5 Å². The lowest BCUT2D eigenvalue weighted by Crippen LogP contribution is -1.95. The number of hydrogen-bond acceptors (Lipinski definition) is 5. The van der Waals surface area contributed by atoms with Gasteiger partial charge in [-0.2, -0.15) is 10.2 Å². The van der Waals surface area contributed by atoms with Crippen LogP contribution in [0.1, 0.15) is 5.56 Å². The van der Waals surface area contributed by atoms with E-state index in [4.69, 9.17) is 49.4 Å². The third kappa shape index (κ3) is 5.09. The molecule has 3 aromatic carbocycles. The van der Waals surface area contributed by atoms with Crippen molar-refractivity contribution in [3.63, 3.8) is 0 Å². The molecule has 6 nitrogen and oxygen atoms in total. The molecule has 9 heteroatoms. The van der Waals surface area contributed by atoms with E-state index >= 15 is 0 Å². The Labute approximate surface area is 206 Å². The van der Waals surface area contributed by atoms with Crippen LogP contribution in [0.4, 0.5) is 5.69 Å². The molecule has 1 heterocycles. The highest BCUT2D eigenvalue weighted by Gasteiger charge is 2.14. The van der Waals surface area contributed by atoms with Crippen molar-refractivity contribution in [2.75, 3.05) is 19.6 Å². The number of nitrogens with one attached hydrogen (secondary N) is 1. The van der Waals surface area contributed by atoms with Crippen molar-refractivity contribution in [1.82, 2.24) is 9.78 Å². The molecule has 0 atom stereocenters. The summed E-state index contributed by atoms with van der Waals surface area (Å²) in [5.41, 5.74) is 6.57. The number of benzene rings is 3. The largest absolute Gasteiger partial charge is 0.493 e. The lowest BCUT2D eigenvalue weighted by molar-refractivity contribution is 0.355. The van der Waals surface area contributed by atoms with Crippen LogP contribution in [0.2, 0.25) is 15.1 Å². The highest BCUT2D eigenvalue weighted by molar-refractivity contribution is 6.41. The number of nitrogens with zero attached hydrogens (tertiary/aromatic N) is 3. The Bertz CT molecular complexity index is 1280. The zero-order valence-corrected chi connectivity index (χ0v) is 20.0. The number of hydrazone groups is 1. The van der Waals surface area contributed by atoms with E-state index in [9.17, 15) is 0 Å². The van der Waals surface area contributed by atoms with Gasteiger partial charge < -0.3 is 9.47 Å². The number of para-hydroxylation sites is 1. The number of ether oxygens (including phenoxy) is 2. The number of aromatic nitrogens is 2. The minimum Gasteiger partial charge on any atom is -0.493 e. The molecule has 1 N–H and O–H groups in total. The average Bonchev–Trinajstić information content (AvgIpc) is 3.25. The summed E-state index contributed by atoms with van der Waals surface area (Å²) >= 11 is 18.5. The molecule has 0 aliphatic carbocycles. The summed E-state index contributed by atoms with van der Waals surface area (Å²) in [5, 5.41) is 10.3. The van der Waals surface area contributed by atoms with Gasteiger partial charge in [-0.3, -0.25) is 5.43 Å². The molecular formula is C24H19Cl3N4O2. The molecule has 0 saturated heterocycles. The SMILES string of the molecule is COc1ccc(-c2nn(-c3ccccc3)cc2/C=N/Nc2c(Cl)cc(Cl)cc2Cl)cc1OC. The molecule has 0 aliphatic rings. The summed E-state index contributed by atoms with van der Waals surface area (Å²) in [6.45, 7) is 0. The number of halogens is 3. The Balaban J connectivity index is 1.74. The van der Waals surface area contributed by atoms with Gasteiger partial charge in [0.1, 0.15) is 5.69 Å². The van der Waals surface area contributed by atoms with Crippen LogP contribution in [0.3, 0.4) is 0 Å². The predicted octanol–water partition coefficient (Wildman–Crippen LogP) is 6.96. The zero-order valence-electron chi connectivity index (χ0n) is 17.7. The van der Waals surface area contributed by atoms with Gasteiger partial charge in [-0.05, 0) is 42.5 Å². The van der Waals surface area contributed by atoms with Gasteiger partial charge in [0.25, 0.3) is 0 Å². The Morgan fingerprint density at radius 1 is 0.909 bits per heavy atom. The van der Waals surface area contributed by atoms with Crippen molar-refractivity contribution in [1.29, 1.82) is 0 Å². The van der Waals surface area contributed by atoms with Crippen LogP contribution in [0.25, 0.3) is 16.9 Å². The topological polar surface area (TPSA) is 60.7 Å². The third-order valence-corrected chi connectivity index (χ3v) is 5.62. The molecule has 4 aromatic rings. The lowest BCUT2D eigenvalue weighted by atomic mass is 10.1. The Kier molecular flexibility index (Phi) is 7.08. The van der Waals surface area contributed by atoms with Crippen molar-refractivity contribution >= 4 is 46.7 Å². The first-order chi connectivity index (χ1) is 16.0. The number of rotatable bonds is 7. The van der Waals surface area contributed by atoms with Gasteiger partial charge in [-0.15, -0.1) is 0 Å². The first-order valence-corrected chi connectivity index (χ1v) is 10.9.